The molecule has 2 N–H and O–H groups in total. The quantitative estimate of drug-likeness (QED) is 0.893. The molecule has 0 aromatic carbocycles. The van der Waals surface area contributed by atoms with Crippen molar-refractivity contribution in [1.82, 2.24) is 25.1 Å². The Balaban J connectivity index is 1.52. The van der Waals surface area contributed by atoms with Crippen LogP contribution in [0.3, 0.4) is 0 Å². The number of rotatable bonds is 3. The molecule has 0 spiro atoms. The van der Waals surface area contributed by atoms with E-state index in [1.807, 2.05) is 17.8 Å². The minimum absolute atomic E-state index is 0.0699. The van der Waals surface area contributed by atoms with Crippen LogP contribution >= 0.6 is 0 Å². The average Bonchev–Trinajstić information content (AvgIpc) is 3.26. The number of hydrogen-bond acceptors (Lipinski definition) is 4. The molecule has 0 unspecified atom stereocenters. The summed E-state index contributed by atoms with van der Waals surface area (Å²) >= 11 is 0. The SMILES string of the molecule is Cn1ccnc1[C@H]1OCC[C@@H]1NC(=O)c1n[nH]c2c1CCCC2. The molecule has 0 saturated carbocycles. The first-order valence-electron chi connectivity index (χ1n) is 8.20. The molecule has 7 nitrogen and oxygen atoms in total. The number of carbonyl (C=O) groups excluding carboxylic acids is 1. The van der Waals surface area contributed by atoms with Crippen molar-refractivity contribution in [2.45, 2.75) is 44.2 Å². The first kappa shape index (κ1) is 14.4. The van der Waals surface area contributed by atoms with Gasteiger partial charge >= 0.3 is 0 Å². The van der Waals surface area contributed by atoms with Crippen LogP contribution in [0.25, 0.3) is 0 Å². The summed E-state index contributed by atoms with van der Waals surface area (Å²) in [6.45, 7) is 0.626. The van der Waals surface area contributed by atoms with Gasteiger partial charge in [0.05, 0.1) is 6.04 Å². The Morgan fingerprint density at radius 1 is 1.43 bits per heavy atom. The summed E-state index contributed by atoms with van der Waals surface area (Å²) in [6.07, 6.45) is 8.42. The number of nitrogens with zero attached hydrogens (tertiary/aromatic N) is 3. The summed E-state index contributed by atoms with van der Waals surface area (Å²) in [7, 11) is 1.94. The maximum absolute atomic E-state index is 12.7. The number of aryl methyl sites for hydroxylation is 2. The fourth-order valence-electron chi connectivity index (χ4n) is 3.55. The molecule has 0 radical (unpaired) electrons. The minimum Gasteiger partial charge on any atom is -0.368 e. The molecule has 1 amide bonds. The van der Waals surface area contributed by atoms with E-state index in [0.29, 0.717) is 12.3 Å². The van der Waals surface area contributed by atoms with E-state index < -0.39 is 0 Å². The molecule has 1 aliphatic carbocycles. The molecule has 1 aliphatic heterocycles. The molecule has 2 aliphatic rings. The summed E-state index contributed by atoms with van der Waals surface area (Å²) in [5.74, 6) is 0.732. The molecule has 122 valence electrons. The van der Waals surface area contributed by atoms with Gasteiger partial charge in [-0.25, -0.2) is 4.98 Å². The maximum Gasteiger partial charge on any atom is 0.272 e. The lowest BCUT2D eigenvalue weighted by Gasteiger charge is -2.19. The van der Waals surface area contributed by atoms with Crippen LogP contribution in [0.15, 0.2) is 12.4 Å². The predicted molar refractivity (Wildman–Crippen MR) is 83.0 cm³/mol. The summed E-state index contributed by atoms with van der Waals surface area (Å²) in [5.41, 5.74) is 2.75. The van der Waals surface area contributed by atoms with Gasteiger partial charge in [0, 0.05) is 37.3 Å². The summed E-state index contributed by atoms with van der Waals surface area (Å²) in [6, 6.07) is -0.0699. The second-order valence-electron chi connectivity index (χ2n) is 6.29. The van der Waals surface area contributed by atoms with Crippen molar-refractivity contribution in [3.63, 3.8) is 0 Å². The van der Waals surface area contributed by atoms with Crippen LogP contribution in [0.5, 0.6) is 0 Å². The van der Waals surface area contributed by atoms with Crippen molar-refractivity contribution >= 4 is 5.91 Å². The lowest BCUT2D eigenvalue weighted by Crippen LogP contribution is -2.38. The maximum atomic E-state index is 12.7. The van der Waals surface area contributed by atoms with Crippen LogP contribution in [0.1, 0.15) is 52.9 Å². The van der Waals surface area contributed by atoms with Crippen LogP contribution in [0, 0.1) is 0 Å². The van der Waals surface area contributed by atoms with Crippen molar-refractivity contribution in [3.8, 4) is 0 Å². The largest absolute Gasteiger partial charge is 0.368 e. The summed E-state index contributed by atoms with van der Waals surface area (Å²) in [5, 5.41) is 10.4. The number of fused-ring (bicyclic) bond motifs is 1. The van der Waals surface area contributed by atoms with E-state index in [2.05, 4.69) is 20.5 Å². The molecule has 23 heavy (non-hydrogen) atoms. The van der Waals surface area contributed by atoms with E-state index in [4.69, 9.17) is 4.74 Å². The Kier molecular flexibility index (Phi) is 3.65. The second kappa shape index (κ2) is 5.81. The topological polar surface area (TPSA) is 84.8 Å². The number of imidazole rings is 1. The number of H-pyrrole nitrogens is 1. The van der Waals surface area contributed by atoms with Gasteiger partial charge in [0.2, 0.25) is 0 Å². The second-order valence-corrected chi connectivity index (χ2v) is 6.29. The highest BCUT2D eigenvalue weighted by atomic mass is 16.5. The molecule has 2 aromatic rings. The van der Waals surface area contributed by atoms with E-state index in [0.717, 1.165) is 49.2 Å². The number of amides is 1. The number of aromatic nitrogens is 4. The Morgan fingerprint density at radius 2 is 2.30 bits per heavy atom. The van der Waals surface area contributed by atoms with E-state index >= 15 is 0 Å². The number of aromatic amines is 1. The molecule has 1 fully saturated rings. The van der Waals surface area contributed by atoms with E-state index in [1.165, 1.54) is 0 Å². The number of ether oxygens (including phenoxy) is 1. The standard InChI is InChI=1S/C16H21N5O2/c1-21-8-7-17-15(21)14-12(6-9-23-14)18-16(22)13-10-4-2-3-5-11(10)19-20-13/h7-8,12,14H,2-6,9H2,1H3,(H,18,22)(H,19,20)/t12-,14-/m0/s1. The van der Waals surface area contributed by atoms with Crippen molar-refractivity contribution < 1.29 is 9.53 Å². The van der Waals surface area contributed by atoms with Crippen molar-refractivity contribution in [1.29, 1.82) is 0 Å². The molecule has 2 aromatic heterocycles. The zero-order chi connectivity index (χ0) is 15.8. The van der Waals surface area contributed by atoms with Gasteiger partial charge in [-0.1, -0.05) is 0 Å². The van der Waals surface area contributed by atoms with Gasteiger partial charge < -0.3 is 14.6 Å². The highest BCUT2D eigenvalue weighted by Gasteiger charge is 2.34. The van der Waals surface area contributed by atoms with Crippen LogP contribution < -0.4 is 5.32 Å². The van der Waals surface area contributed by atoms with E-state index in [9.17, 15) is 4.79 Å². The molecule has 2 atom stereocenters. The third-order valence-corrected chi connectivity index (χ3v) is 4.79. The van der Waals surface area contributed by atoms with Gasteiger partial charge in [0.25, 0.3) is 5.91 Å². The van der Waals surface area contributed by atoms with Gasteiger partial charge in [-0.15, -0.1) is 0 Å². The molecule has 4 rings (SSSR count). The fraction of sp³-hybridized carbons (Fsp3) is 0.562. The molecule has 1 saturated heterocycles. The molecule has 7 heteroatoms. The highest BCUT2D eigenvalue weighted by Crippen LogP contribution is 2.28. The Bertz CT molecular complexity index is 720. The minimum atomic E-state index is -0.200. The normalized spacial score (nSPS) is 23.7. The lowest BCUT2D eigenvalue weighted by atomic mass is 9.95. The first-order valence-corrected chi connectivity index (χ1v) is 8.20. The number of hydrogen-bond donors (Lipinski definition) is 2. The molecule has 0 bridgehead atoms. The van der Waals surface area contributed by atoms with Crippen molar-refractivity contribution in [2.24, 2.45) is 7.05 Å². The van der Waals surface area contributed by atoms with Gasteiger partial charge in [-0.2, -0.15) is 5.10 Å². The fourth-order valence-corrected chi connectivity index (χ4v) is 3.55. The summed E-state index contributed by atoms with van der Waals surface area (Å²) in [4.78, 5) is 17.0. The third kappa shape index (κ3) is 2.55. The van der Waals surface area contributed by atoms with Crippen LogP contribution in [0.4, 0.5) is 0 Å². The third-order valence-electron chi connectivity index (χ3n) is 4.79. The van der Waals surface area contributed by atoms with Crippen molar-refractivity contribution in [2.75, 3.05) is 6.61 Å². The number of carbonyl (C=O) groups is 1. The van der Waals surface area contributed by atoms with E-state index in [-0.39, 0.29) is 18.1 Å². The lowest BCUT2D eigenvalue weighted by molar-refractivity contribution is 0.0775. The Hall–Kier alpha value is -2.15. The average molecular weight is 315 g/mol. The smallest absolute Gasteiger partial charge is 0.272 e. The monoisotopic (exact) mass is 315 g/mol. The van der Waals surface area contributed by atoms with E-state index in [1.54, 1.807) is 6.20 Å². The highest BCUT2D eigenvalue weighted by molar-refractivity contribution is 5.94. The van der Waals surface area contributed by atoms with Crippen LogP contribution in [-0.4, -0.2) is 38.3 Å². The first-order chi connectivity index (χ1) is 11.2. The van der Waals surface area contributed by atoms with Crippen LogP contribution in [-0.2, 0) is 24.6 Å². The van der Waals surface area contributed by atoms with Crippen molar-refractivity contribution in [3.05, 3.63) is 35.2 Å². The summed E-state index contributed by atoms with van der Waals surface area (Å²) < 4.78 is 7.73. The number of nitrogens with one attached hydrogen (secondary N) is 2. The van der Waals surface area contributed by atoms with Gasteiger partial charge in [0.1, 0.15) is 11.9 Å². The molecular formula is C16H21N5O2. The Labute approximate surface area is 134 Å². The zero-order valence-corrected chi connectivity index (χ0v) is 13.2. The zero-order valence-electron chi connectivity index (χ0n) is 13.2. The molecule has 3 heterocycles. The predicted octanol–water partition coefficient (Wildman–Crippen LogP) is 1.28. The van der Waals surface area contributed by atoms with Gasteiger partial charge in [-0.3, -0.25) is 9.89 Å². The molecular weight excluding hydrogens is 294 g/mol. The van der Waals surface area contributed by atoms with Gasteiger partial charge in [0.15, 0.2) is 5.69 Å². The Morgan fingerprint density at radius 3 is 3.13 bits per heavy atom. The van der Waals surface area contributed by atoms with Crippen LogP contribution in [0.2, 0.25) is 0 Å². The van der Waals surface area contributed by atoms with Gasteiger partial charge in [-0.05, 0) is 32.1 Å².